The second kappa shape index (κ2) is 7.96. The zero-order valence-corrected chi connectivity index (χ0v) is 15.8. The topological polar surface area (TPSA) is 43.3 Å². The Morgan fingerprint density at radius 1 is 1.11 bits per heavy atom. The van der Waals surface area contributed by atoms with Gasteiger partial charge in [-0.05, 0) is 55.3 Å². The van der Waals surface area contributed by atoms with Crippen LogP contribution >= 0.6 is 0 Å². The van der Waals surface area contributed by atoms with E-state index in [0.717, 1.165) is 27.9 Å². The van der Waals surface area contributed by atoms with Crippen LogP contribution in [0.5, 0.6) is 5.75 Å². The van der Waals surface area contributed by atoms with Crippen molar-refractivity contribution < 1.29 is 9.53 Å². The summed E-state index contributed by atoms with van der Waals surface area (Å²) in [5.41, 5.74) is 4.61. The van der Waals surface area contributed by atoms with Crippen LogP contribution in [0.2, 0.25) is 0 Å². The van der Waals surface area contributed by atoms with Crippen molar-refractivity contribution in [1.29, 1.82) is 0 Å². The predicted molar refractivity (Wildman–Crippen MR) is 112 cm³/mol. The Hall–Kier alpha value is -3.27. The Bertz CT molecular complexity index is 1010. The summed E-state index contributed by atoms with van der Waals surface area (Å²) in [6.07, 6.45) is 3.48. The van der Waals surface area contributed by atoms with Gasteiger partial charge in [-0.3, -0.25) is 4.79 Å². The highest BCUT2D eigenvalue weighted by atomic mass is 16.5. The average Bonchev–Trinajstić information content (AvgIpc) is 3.03. The quantitative estimate of drug-likeness (QED) is 0.584. The Morgan fingerprint density at radius 3 is 2.63 bits per heavy atom. The van der Waals surface area contributed by atoms with Crippen LogP contribution in [0.3, 0.4) is 0 Å². The average molecular weight is 360 g/mol. The molecule has 1 aromatic heterocycles. The normalized spacial score (nSPS) is 10.6. The van der Waals surface area contributed by atoms with E-state index in [-0.39, 0.29) is 5.91 Å². The maximum Gasteiger partial charge on any atom is 0.272 e. The molecule has 0 aliphatic heterocycles. The number of benzene rings is 2. The highest BCUT2D eigenvalue weighted by Gasteiger charge is 2.17. The highest BCUT2D eigenvalue weighted by Crippen LogP contribution is 2.30. The number of carbonyl (C=O) groups is 1. The molecule has 0 unspecified atom stereocenters. The number of nitrogens with zero attached hydrogens (tertiary/aromatic N) is 1. The molecule has 4 heteroatoms. The lowest BCUT2D eigenvalue weighted by molar-refractivity contribution is 0.101. The van der Waals surface area contributed by atoms with E-state index >= 15 is 0 Å². The minimum absolute atomic E-state index is 0.161. The fourth-order valence-corrected chi connectivity index (χ4v) is 3.06. The maximum atomic E-state index is 13.0. The summed E-state index contributed by atoms with van der Waals surface area (Å²) in [7, 11) is 0. The SMILES string of the molecule is C=CCOc1cccc2c1cc(C(=O)Nc1ccc(C)c(C)c1)n2CC=C. The van der Waals surface area contributed by atoms with Gasteiger partial charge in [-0.2, -0.15) is 0 Å². The summed E-state index contributed by atoms with van der Waals surface area (Å²) in [4.78, 5) is 13.0. The molecular formula is C23H24N2O2. The van der Waals surface area contributed by atoms with Crippen molar-refractivity contribution in [2.45, 2.75) is 20.4 Å². The van der Waals surface area contributed by atoms with Crippen LogP contribution in [0.4, 0.5) is 5.69 Å². The fraction of sp³-hybridized carbons (Fsp3) is 0.174. The second-order valence-electron chi connectivity index (χ2n) is 6.47. The smallest absolute Gasteiger partial charge is 0.272 e. The molecule has 4 nitrogen and oxygen atoms in total. The summed E-state index contributed by atoms with van der Waals surface area (Å²) in [5, 5.41) is 3.89. The molecule has 27 heavy (non-hydrogen) atoms. The van der Waals surface area contributed by atoms with Gasteiger partial charge in [-0.1, -0.05) is 30.9 Å². The van der Waals surface area contributed by atoms with Crippen LogP contribution < -0.4 is 10.1 Å². The number of fused-ring (bicyclic) bond motifs is 1. The third-order valence-corrected chi connectivity index (χ3v) is 4.57. The number of carbonyl (C=O) groups excluding carboxylic acids is 1. The number of hydrogen-bond acceptors (Lipinski definition) is 2. The predicted octanol–water partition coefficient (Wildman–Crippen LogP) is 5.26. The molecule has 0 atom stereocenters. The van der Waals surface area contributed by atoms with Gasteiger partial charge >= 0.3 is 0 Å². The number of ether oxygens (including phenoxy) is 1. The molecule has 0 bridgehead atoms. The lowest BCUT2D eigenvalue weighted by Gasteiger charge is -2.10. The minimum Gasteiger partial charge on any atom is -0.489 e. The van der Waals surface area contributed by atoms with E-state index in [2.05, 4.69) is 18.5 Å². The van der Waals surface area contributed by atoms with Gasteiger partial charge in [-0.15, -0.1) is 6.58 Å². The molecule has 2 aromatic carbocycles. The molecule has 0 aliphatic rings. The van der Waals surface area contributed by atoms with E-state index in [1.165, 1.54) is 5.56 Å². The first-order valence-electron chi connectivity index (χ1n) is 8.90. The zero-order valence-electron chi connectivity index (χ0n) is 15.8. The number of aryl methyl sites for hydroxylation is 2. The zero-order chi connectivity index (χ0) is 19.4. The summed E-state index contributed by atoms with van der Waals surface area (Å²) in [5.74, 6) is 0.571. The van der Waals surface area contributed by atoms with Gasteiger partial charge in [-0.25, -0.2) is 0 Å². The van der Waals surface area contributed by atoms with Crippen molar-refractivity contribution in [3.63, 3.8) is 0 Å². The number of nitrogens with one attached hydrogen (secondary N) is 1. The molecule has 3 aromatic rings. The van der Waals surface area contributed by atoms with Crippen LogP contribution in [0.1, 0.15) is 21.6 Å². The molecule has 1 heterocycles. The molecule has 1 amide bonds. The van der Waals surface area contributed by atoms with E-state index in [4.69, 9.17) is 4.74 Å². The first-order chi connectivity index (χ1) is 13.0. The van der Waals surface area contributed by atoms with Crippen molar-refractivity contribution in [2.24, 2.45) is 0 Å². The first kappa shape index (κ1) is 18.5. The lowest BCUT2D eigenvalue weighted by atomic mass is 10.1. The molecule has 0 fully saturated rings. The molecule has 0 radical (unpaired) electrons. The van der Waals surface area contributed by atoms with Gasteiger partial charge in [0.25, 0.3) is 5.91 Å². The van der Waals surface area contributed by atoms with Crippen molar-refractivity contribution in [1.82, 2.24) is 4.57 Å². The third kappa shape index (κ3) is 3.80. The Morgan fingerprint density at radius 2 is 1.93 bits per heavy atom. The lowest BCUT2D eigenvalue weighted by Crippen LogP contribution is -2.16. The van der Waals surface area contributed by atoms with Crippen LogP contribution in [0.25, 0.3) is 10.9 Å². The van der Waals surface area contributed by atoms with E-state index in [0.29, 0.717) is 18.8 Å². The van der Waals surface area contributed by atoms with Crippen LogP contribution in [-0.2, 0) is 6.54 Å². The van der Waals surface area contributed by atoms with Crippen molar-refractivity contribution in [2.75, 3.05) is 11.9 Å². The molecule has 3 rings (SSSR count). The van der Waals surface area contributed by atoms with Gasteiger partial charge in [0.2, 0.25) is 0 Å². The Labute approximate surface area is 159 Å². The molecular weight excluding hydrogens is 336 g/mol. The number of aromatic nitrogens is 1. The van der Waals surface area contributed by atoms with Gasteiger partial charge < -0.3 is 14.6 Å². The Kier molecular flexibility index (Phi) is 5.46. The number of amides is 1. The molecule has 0 saturated carbocycles. The molecule has 0 spiro atoms. The monoisotopic (exact) mass is 360 g/mol. The molecule has 1 N–H and O–H groups in total. The number of hydrogen-bond donors (Lipinski definition) is 1. The van der Waals surface area contributed by atoms with Crippen LogP contribution in [-0.4, -0.2) is 17.1 Å². The molecule has 138 valence electrons. The van der Waals surface area contributed by atoms with Crippen molar-refractivity contribution in [3.8, 4) is 5.75 Å². The summed E-state index contributed by atoms with van der Waals surface area (Å²) in [6.45, 7) is 12.5. The maximum absolute atomic E-state index is 13.0. The number of allylic oxidation sites excluding steroid dienone is 1. The van der Waals surface area contributed by atoms with Gasteiger partial charge in [0, 0.05) is 17.6 Å². The van der Waals surface area contributed by atoms with E-state index < -0.39 is 0 Å². The van der Waals surface area contributed by atoms with E-state index in [1.54, 1.807) is 12.2 Å². The standard InChI is InChI=1S/C23H24N2O2/c1-5-12-25-20-8-7-9-22(27-13-6-2)19(20)15-21(25)23(26)24-18-11-10-16(3)17(4)14-18/h5-11,14-15H,1-2,12-13H2,3-4H3,(H,24,26). The summed E-state index contributed by atoms with van der Waals surface area (Å²) < 4.78 is 7.70. The van der Waals surface area contributed by atoms with Gasteiger partial charge in [0.1, 0.15) is 18.1 Å². The number of rotatable bonds is 7. The van der Waals surface area contributed by atoms with Crippen LogP contribution in [0.15, 0.2) is 67.8 Å². The highest BCUT2D eigenvalue weighted by molar-refractivity contribution is 6.07. The summed E-state index contributed by atoms with van der Waals surface area (Å²) in [6, 6.07) is 13.6. The first-order valence-corrected chi connectivity index (χ1v) is 8.90. The van der Waals surface area contributed by atoms with Gasteiger partial charge in [0.05, 0.1) is 5.52 Å². The van der Waals surface area contributed by atoms with E-state index in [9.17, 15) is 4.79 Å². The second-order valence-corrected chi connectivity index (χ2v) is 6.47. The van der Waals surface area contributed by atoms with Gasteiger partial charge in [0.15, 0.2) is 0 Å². The third-order valence-electron chi connectivity index (χ3n) is 4.57. The minimum atomic E-state index is -0.161. The number of anilines is 1. The fourth-order valence-electron chi connectivity index (χ4n) is 3.06. The molecule has 0 saturated heterocycles. The van der Waals surface area contributed by atoms with E-state index in [1.807, 2.05) is 60.9 Å². The van der Waals surface area contributed by atoms with Crippen molar-refractivity contribution in [3.05, 3.63) is 84.6 Å². The van der Waals surface area contributed by atoms with Crippen molar-refractivity contribution >= 4 is 22.5 Å². The largest absolute Gasteiger partial charge is 0.489 e. The molecule has 0 aliphatic carbocycles. The van der Waals surface area contributed by atoms with Crippen LogP contribution in [0, 0.1) is 13.8 Å². The Balaban J connectivity index is 2.02. The summed E-state index contributed by atoms with van der Waals surface area (Å²) >= 11 is 0.